The summed E-state index contributed by atoms with van der Waals surface area (Å²) in [7, 11) is -3.90. The van der Waals surface area contributed by atoms with Crippen molar-refractivity contribution in [3.05, 3.63) is 24.1 Å². The van der Waals surface area contributed by atoms with E-state index in [4.69, 9.17) is 11.6 Å². The van der Waals surface area contributed by atoms with Crippen LogP contribution in [0.25, 0.3) is 0 Å². The second-order valence-electron chi connectivity index (χ2n) is 4.39. The number of hydrogen-bond donors (Lipinski definition) is 0. The molecular formula is C11H14ClFN2O2S. The van der Waals surface area contributed by atoms with Gasteiger partial charge in [-0.3, -0.25) is 0 Å². The van der Waals surface area contributed by atoms with Gasteiger partial charge in [0.25, 0.3) is 10.0 Å². The lowest BCUT2D eigenvalue weighted by Gasteiger charge is -2.23. The summed E-state index contributed by atoms with van der Waals surface area (Å²) in [6, 6.07) is 2.16. The summed E-state index contributed by atoms with van der Waals surface area (Å²) in [6.07, 6.45) is 2.00. The molecule has 1 aromatic rings. The highest BCUT2D eigenvalue weighted by Crippen LogP contribution is 2.30. The van der Waals surface area contributed by atoms with E-state index in [-0.39, 0.29) is 17.8 Å². The van der Waals surface area contributed by atoms with Crippen molar-refractivity contribution < 1.29 is 12.8 Å². The Labute approximate surface area is 111 Å². The van der Waals surface area contributed by atoms with Gasteiger partial charge < -0.3 is 0 Å². The van der Waals surface area contributed by atoms with Crippen LogP contribution in [0.4, 0.5) is 4.39 Å². The molecule has 0 spiro atoms. The maximum atomic E-state index is 13.6. The first kappa shape index (κ1) is 13.7. The molecule has 1 aliphatic heterocycles. The van der Waals surface area contributed by atoms with Crippen molar-refractivity contribution in [1.29, 1.82) is 0 Å². The molecule has 4 nitrogen and oxygen atoms in total. The highest BCUT2D eigenvalue weighted by Gasteiger charge is 2.40. The lowest BCUT2D eigenvalue weighted by atomic mass is 10.1. The monoisotopic (exact) mass is 292 g/mol. The number of nitrogens with zero attached hydrogens (tertiary/aromatic N) is 2. The molecule has 2 rings (SSSR count). The molecule has 2 heterocycles. The SMILES string of the molecule is CC1CCN(S(=O)(=O)c2ncccc2F)C1CCl. The molecule has 2 atom stereocenters. The van der Waals surface area contributed by atoms with E-state index in [1.807, 2.05) is 6.92 Å². The normalized spacial score (nSPS) is 25.5. The largest absolute Gasteiger partial charge is 0.263 e. The molecule has 0 N–H and O–H groups in total. The predicted molar refractivity (Wildman–Crippen MR) is 66.4 cm³/mol. The number of alkyl halides is 1. The maximum Gasteiger partial charge on any atom is 0.263 e. The van der Waals surface area contributed by atoms with Crippen LogP contribution in [-0.2, 0) is 10.0 Å². The Morgan fingerprint density at radius 2 is 2.33 bits per heavy atom. The van der Waals surface area contributed by atoms with E-state index in [1.54, 1.807) is 0 Å². The Kier molecular flexibility index (Phi) is 3.89. The van der Waals surface area contributed by atoms with Gasteiger partial charge in [-0.2, -0.15) is 4.31 Å². The van der Waals surface area contributed by atoms with Gasteiger partial charge >= 0.3 is 0 Å². The molecule has 0 saturated carbocycles. The van der Waals surface area contributed by atoms with Gasteiger partial charge in [0.05, 0.1) is 0 Å². The van der Waals surface area contributed by atoms with Crippen molar-refractivity contribution in [2.45, 2.75) is 24.4 Å². The van der Waals surface area contributed by atoms with E-state index < -0.39 is 20.9 Å². The first-order valence-corrected chi connectivity index (χ1v) is 7.64. The standard InChI is InChI=1S/C11H14ClFN2O2S/c1-8-4-6-15(10(8)7-12)18(16,17)11-9(13)3-2-5-14-11/h2-3,5,8,10H,4,6-7H2,1H3. The molecule has 7 heteroatoms. The van der Waals surface area contributed by atoms with Gasteiger partial charge in [0.15, 0.2) is 5.82 Å². The molecular weight excluding hydrogens is 279 g/mol. The number of halogens is 2. The van der Waals surface area contributed by atoms with E-state index in [0.717, 1.165) is 12.5 Å². The second-order valence-corrected chi connectivity index (χ2v) is 6.51. The number of rotatable bonds is 3. The van der Waals surface area contributed by atoms with Crippen molar-refractivity contribution >= 4 is 21.6 Å². The second kappa shape index (κ2) is 5.11. The van der Waals surface area contributed by atoms with Crippen molar-refractivity contribution in [3.63, 3.8) is 0 Å². The fourth-order valence-electron chi connectivity index (χ4n) is 2.17. The zero-order chi connectivity index (χ0) is 13.3. The van der Waals surface area contributed by atoms with Crippen molar-refractivity contribution in [1.82, 2.24) is 9.29 Å². The van der Waals surface area contributed by atoms with E-state index in [2.05, 4.69) is 4.98 Å². The van der Waals surface area contributed by atoms with Gasteiger partial charge in [-0.1, -0.05) is 6.92 Å². The summed E-state index contributed by atoms with van der Waals surface area (Å²) in [5.41, 5.74) is 0. The summed E-state index contributed by atoms with van der Waals surface area (Å²) in [4.78, 5) is 3.64. The summed E-state index contributed by atoms with van der Waals surface area (Å²) in [5.74, 6) is -0.455. The molecule has 1 fully saturated rings. The Balaban J connectivity index is 2.41. The minimum Gasteiger partial charge on any atom is -0.241 e. The molecule has 100 valence electrons. The van der Waals surface area contributed by atoms with E-state index >= 15 is 0 Å². The average molecular weight is 293 g/mol. The third-order valence-corrected chi connectivity index (χ3v) is 5.44. The third kappa shape index (κ3) is 2.24. The lowest BCUT2D eigenvalue weighted by Crippen LogP contribution is -2.39. The van der Waals surface area contributed by atoms with Crippen LogP contribution in [0.2, 0.25) is 0 Å². The topological polar surface area (TPSA) is 50.3 Å². The zero-order valence-corrected chi connectivity index (χ0v) is 11.5. The van der Waals surface area contributed by atoms with E-state index in [9.17, 15) is 12.8 Å². The number of hydrogen-bond acceptors (Lipinski definition) is 3. The van der Waals surface area contributed by atoms with Gasteiger partial charge in [-0.15, -0.1) is 11.6 Å². The molecule has 0 radical (unpaired) electrons. The smallest absolute Gasteiger partial charge is 0.241 e. The van der Waals surface area contributed by atoms with Crippen LogP contribution in [0, 0.1) is 11.7 Å². The summed E-state index contributed by atoms with van der Waals surface area (Å²) >= 11 is 5.81. The molecule has 0 amide bonds. The summed E-state index contributed by atoms with van der Waals surface area (Å²) in [6.45, 7) is 2.30. The van der Waals surface area contributed by atoms with E-state index in [1.165, 1.54) is 16.6 Å². The molecule has 18 heavy (non-hydrogen) atoms. The Hall–Kier alpha value is -0.720. The van der Waals surface area contributed by atoms with Gasteiger partial charge in [0.2, 0.25) is 5.03 Å². The quantitative estimate of drug-likeness (QED) is 0.799. The maximum absolute atomic E-state index is 13.6. The molecule has 1 saturated heterocycles. The minimum atomic E-state index is -3.90. The van der Waals surface area contributed by atoms with Crippen molar-refractivity contribution in [2.24, 2.45) is 5.92 Å². The predicted octanol–water partition coefficient (Wildman–Crippen LogP) is 1.86. The highest BCUT2D eigenvalue weighted by molar-refractivity contribution is 7.89. The van der Waals surface area contributed by atoms with Crippen molar-refractivity contribution in [2.75, 3.05) is 12.4 Å². The number of aromatic nitrogens is 1. The fraction of sp³-hybridized carbons (Fsp3) is 0.545. The Morgan fingerprint density at radius 3 is 2.94 bits per heavy atom. The van der Waals surface area contributed by atoms with Crippen molar-refractivity contribution in [3.8, 4) is 0 Å². The summed E-state index contributed by atoms with van der Waals surface area (Å²) in [5, 5.41) is -0.519. The molecule has 2 unspecified atom stereocenters. The van der Waals surface area contributed by atoms with Crippen LogP contribution < -0.4 is 0 Å². The van der Waals surface area contributed by atoms with Gasteiger partial charge in [-0.05, 0) is 24.5 Å². The Morgan fingerprint density at radius 1 is 1.61 bits per heavy atom. The van der Waals surface area contributed by atoms with Gasteiger partial charge in [0, 0.05) is 24.7 Å². The first-order chi connectivity index (χ1) is 8.48. The van der Waals surface area contributed by atoms with Crippen LogP contribution in [-0.4, -0.2) is 36.2 Å². The van der Waals surface area contributed by atoms with Crippen LogP contribution in [0.1, 0.15) is 13.3 Å². The average Bonchev–Trinajstić information content (AvgIpc) is 2.71. The number of pyridine rings is 1. The van der Waals surface area contributed by atoms with Gasteiger partial charge in [0.1, 0.15) is 0 Å². The van der Waals surface area contributed by atoms with Gasteiger partial charge in [-0.25, -0.2) is 17.8 Å². The summed E-state index contributed by atoms with van der Waals surface area (Å²) < 4.78 is 39.5. The molecule has 0 aromatic carbocycles. The van der Waals surface area contributed by atoms with Crippen LogP contribution >= 0.6 is 11.6 Å². The van der Waals surface area contributed by atoms with E-state index in [0.29, 0.717) is 6.54 Å². The number of sulfonamides is 1. The lowest BCUT2D eigenvalue weighted by molar-refractivity contribution is 0.371. The fourth-order valence-corrected chi connectivity index (χ4v) is 4.44. The zero-order valence-electron chi connectivity index (χ0n) is 9.88. The molecule has 1 aromatic heterocycles. The van der Waals surface area contributed by atoms with Crippen LogP contribution in [0.5, 0.6) is 0 Å². The van der Waals surface area contributed by atoms with Crippen LogP contribution in [0.3, 0.4) is 0 Å². The Bertz CT molecular complexity index is 538. The molecule has 0 aliphatic carbocycles. The minimum absolute atomic E-state index is 0.170. The molecule has 0 bridgehead atoms. The third-order valence-electron chi connectivity index (χ3n) is 3.27. The molecule has 1 aliphatic rings. The first-order valence-electron chi connectivity index (χ1n) is 5.67. The van der Waals surface area contributed by atoms with Crippen LogP contribution in [0.15, 0.2) is 23.4 Å². The highest BCUT2D eigenvalue weighted by atomic mass is 35.5.